The summed E-state index contributed by atoms with van der Waals surface area (Å²) in [6.07, 6.45) is 1.84. The van der Waals surface area contributed by atoms with E-state index in [-0.39, 0.29) is 30.8 Å². The summed E-state index contributed by atoms with van der Waals surface area (Å²) in [7, 11) is 0. The van der Waals surface area contributed by atoms with Gasteiger partial charge in [0.05, 0.1) is 6.04 Å². The highest BCUT2D eigenvalue weighted by Crippen LogP contribution is 2.39. The summed E-state index contributed by atoms with van der Waals surface area (Å²) in [5, 5.41) is 6.05. The number of piperidine rings is 1. The van der Waals surface area contributed by atoms with E-state index in [2.05, 4.69) is 10.6 Å². The van der Waals surface area contributed by atoms with Crippen LogP contribution in [0, 0.1) is 5.92 Å². The van der Waals surface area contributed by atoms with Crippen LogP contribution >= 0.6 is 0 Å². The molecule has 2 aromatic rings. The van der Waals surface area contributed by atoms with E-state index in [0.29, 0.717) is 28.7 Å². The first-order valence-corrected chi connectivity index (χ1v) is 9.50. The molecule has 1 saturated heterocycles. The fourth-order valence-electron chi connectivity index (χ4n) is 4.42. The number of likely N-dealkylation sites (tertiary alicyclic amines) is 1. The van der Waals surface area contributed by atoms with Gasteiger partial charge < -0.3 is 25.0 Å². The fraction of sp³-hybridized carbons (Fsp3) is 0.333. The Labute approximate surface area is 162 Å². The number of nitrogens with one attached hydrogen (secondary N) is 2. The average molecular weight is 379 g/mol. The predicted octanol–water partition coefficient (Wildman–Crippen LogP) is 2.84. The van der Waals surface area contributed by atoms with Crippen molar-refractivity contribution in [2.24, 2.45) is 5.92 Å². The summed E-state index contributed by atoms with van der Waals surface area (Å²) in [6.45, 7) is 0.921. The zero-order valence-corrected chi connectivity index (χ0v) is 15.3. The molecular weight excluding hydrogens is 358 g/mol. The quantitative estimate of drug-likeness (QED) is 0.859. The number of hydrogen-bond acceptors (Lipinski definition) is 4. The number of nitrogens with zero attached hydrogens (tertiary/aromatic N) is 1. The van der Waals surface area contributed by atoms with Crippen molar-refractivity contribution in [3.05, 3.63) is 54.1 Å². The number of amides is 3. The Morgan fingerprint density at radius 3 is 2.64 bits per heavy atom. The van der Waals surface area contributed by atoms with Gasteiger partial charge in [-0.25, -0.2) is 4.79 Å². The average Bonchev–Trinajstić information content (AvgIpc) is 3.43. The Balaban J connectivity index is 1.25. The van der Waals surface area contributed by atoms with Crippen LogP contribution in [0.1, 0.15) is 23.2 Å². The molecule has 2 fully saturated rings. The summed E-state index contributed by atoms with van der Waals surface area (Å²) in [5.74, 6) is 1.65. The zero-order valence-electron chi connectivity index (χ0n) is 15.3. The molecule has 144 valence electrons. The summed E-state index contributed by atoms with van der Waals surface area (Å²) < 4.78 is 10.7. The van der Waals surface area contributed by atoms with Crippen molar-refractivity contribution in [1.29, 1.82) is 0 Å². The summed E-state index contributed by atoms with van der Waals surface area (Å²) in [6, 6.07) is 14.4. The lowest BCUT2D eigenvalue weighted by molar-refractivity contribution is 0.0906. The van der Waals surface area contributed by atoms with Gasteiger partial charge in [0, 0.05) is 29.9 Å². The van der Waals surface area contributed by atoms with E-state index in [1.807, 2.05) is 23.1 Å². The first-order chi connectivity index (χ1) is 13.7. The number of ether oxygens (including phenoxy) is 2. The maximum atomic E-state index is 12.8. The minimum absolute atomic E-state index is 0.0195. The Kier molecular flexibility index (Phi) is 4.07. The van der Waals surface area contributed by atoms with Crippen LogP contribution in [0.5, 0.6) is 11.5 Å². The van der Waals surface area contributed by atoms with Crippen molar-refractivity contribution in [1.82, 2.24) is 10.2 Å². The van der Waals surface area contributed by atoms with Crippen molar-refractivity contribution in [3.8, 4) is 11.5 Å². The molecule has 1 saturated carbocycles. The van der Waals surface area contributed by atoms with Crippen LogP contribution in [-0.4, -0.2) is 42.3 Å². The second-order valence-electron chi connectivity index (χ2n) is 7.50. The lowest BCUT2D eigenvalue weighted by Gasteiger charge is -2.33. The highest BCUT2D eigenvalue weighted by molar-refractivity contribution is 5.94. The van der Waals surface area contributed by atoms with E-state index in [4.69, 9.17) is 9.47 Å². The van der Waals surface area contributed by atoms with Gasteiger partial charge in [-0.3, -0.25) is 4.79 Å². The molecule has 0 radical (unpaired) electrons. The van der Waals surface area contributed by atoms with Crippen LogP contribution in [0.25, 0.3) is 0 Å². The molecule has 3 atom stereocenters. The minimum atomic E-state index is -0.148. The minimum Gasteiger partial charge on any atom is -0.454 e. The number of carbonyl (C=O) groups is 2. The molecule has 2 N–H and O–H groups in total. The maximum absolute atomic E-state index is 12.8. The molecule has 7 nitrogen and oxygen atoms in total. The van der Waals surface area contributed by atoms with Crippen molar-refractivity contribution in [3.63, 3.8) is 0 Å². The fourth-order valence-corrected chi connectivity index (χ4v) is 4.42. The van der Waals surface area contributed by atoms with E-state index in [1.165, 1.54) is 0 Å². The van der Waals surface area contributed by atoms with Crippen LogP contribution in [0.2, 0.25) is 0 Å². The predicted molar refractivity (Wildman–Crippen MR) is 102 cm³/mol. The Hall–Kier alpha value is -3.22. The van der Waals surface area contributed by atoms with Crippen molar-refractivity contribution in [2.45, 2.75) is 24.9 Å². The maximum Gasteiger partial charge on any atom is 0.322 e. The Bertz CT molecular complexity index is 917. The molecule has 2 bridgehead atoms. The molecule has 28 heavy (non-hydrogen) atoms. The van der Waals surface area contributed by atoms with Crippen LogP contribution in [-0.2, 0) is 0 Å². The highest BCUT2D eigenvalue weighted by atomic mass is 16.7. The van der Waals surface area contributed by atoms with Crippen LogP contribution in [0.15, 0.2) is 48.5 Å². The van der Waals surface area contributed by atoms with Crippen LogP contribution < -0.4 is 20.1 Å². The second-order valence-corrected chi connectivity index (χ2v) is 7.50. The normalized spacial score (nSPS) is 24.3. The standard InChI is InChI=1S/C21H21N3O4/c25-20(14-4-2-1-3-5-14)23-16-8-13-9-17(16)24(11-13)21(26)22-15-6-7-18-19(10-15)28-12-27-18/h1-7,10,13,16-17H,8-9,11-12H2,(H,22,26)(H,23,25). The van der Waals surface area contributed by atoms with Crippen LogP contribution in [0.4, 0.5) is 10.5 Å². The molecule has 5 rings (SSSR count). The SMILES string of the molecule is O=C(NC1CC2CC1N(C(=O)Nc1ccc3c(c1)OCO3)C2)c1ccccc1. The number of urea groups is 1. The third-order valence-electron chi connectivity index (χ3n) is 5.72. The number of benzene rings is 2. The smallest absolute Gasteiger partial charge is 0.322 e. The van der Waals surface area contributed by atoms with Gasteiger partial charge in [0.1, 0.15) is 0 Å². The molecule has 3 unspecified atom stereocenters. The van der Waals surface area contributed by atoms with E-state index < -0.39 is 0 Å². The molecule has 3 aliphatic rings. The van der Waals surface area contributed by atoms with E-state index in [1.54, 1.807) is 30.3 Å². The van der Waals surface area contributed by atoms with E-state index in [9.17, 15) is 9.59 Å². The molecule has 2 aliphatic heterocycles. The number of fused-ring (bicyclic) bond motifs is 3. The number of carbonyl (C=O) groups excluding carboxylic acids is 2. The molecule has 0 aromatic heterocycles. The topological polar surface area (TPSA) is 79.9 Å². The lowest BCUT2D eigenvalue weighted by Crippen LogP contribution is -2.53. The third kappa shape index (κ3) is 3.02. The first kappa shape index (κ1) is 16.9. The first-order valence-electron chi connectivity index (χ1n) is 9.50. The lowest BCUT2D eigenvalue weighted by atomic mass is 10.1. The summed E-state index contributed by atoms with van der Waals surface area (Å²) in [5.41, 5.74) is 1.31. The Morgan fingerprint density at radius 1 is 1.00 bits per heavy atom. The molecule has 0 spiro atoms. The van der Waals surface area contributed by atoms with Gasteiger partial charge in [0.2, 0.25) is 6.79 Å². The number of anilines is 1. The van der Waals surface area contributed by atoms with Crippen molar-refractivity contribution < 1.29 is 19.1 Å². The van der Waals surface area contributed by atoms with Gasteiger partial charge in [-0.05, 0) is 43.0 Å². The van der Waals surface area contributed by atoms with Crippen LogP contribution in [0.3, 0.4) is 0 Å². The molecular formula is C21H21N3O4. The number of rotatable bonds is 3. The molecule has 2 aromatic carbocycles. The monoisotopic (exact) mass is 379 g/mol. The van der Waals surface area contributed by atoms with E-state index in [0.717, 1.165) is 19.4 Å². The molecule has 1 aliphatic carbocycles. The second kappa shape index (κ2) is 6.74. The molecule has 7 heteroatoms. The van der Waals surface area contributed by atoms with Gasteiger partial charge in [-0.15, -0.1) is 0 Å². The Morgan fingerprint density at radius 2 is 1.82 bits per heavy atom. The largest absolute Gasteiger partial charge is 0.454 e. The molecule has 2 heterocycles. The van der Waals surface area contributed by atoms with E-state index >= 15 is 0 Å². The van der Waals surface area contributed by atoms with Crippen molar-refractivity contribution in [2.75, 3.05) is 18.7 Å². The van der Waals surface area contributed by atoms with Gasteiger partial charge in [0.15, 0.2) is 11.5 Å². The van der Waals surface area contributed by atoms with Gasteiger partial charge in [-0.1, -0.05) is 18.2 Å². The number of hydrogen-bond donors (Lipinski definition) is 2. The third-order valence-corrected chi connectivity index (χ3v) is 5.72. The summed E-state index contributed by atoms with van der Waals surface area (Å²) >= 11 is 0. The highest BCUT2D eigenvalue weighted by Gasteiger charge is 2.47. The van der Waals surface area contributed by atoms with Gasteiger partial charge in [-0.2, -0.15) is 0 Å². The van der Waals surface area contributed by atoms with Gasteiger partial charge in [0.25, 0.3) is 5.91 Å². The summed E-state index contributed by atoms with van der Waals surface area (Å²) in [4.78, 5) is 27.2. The van der Waals surface area contributed by atoms with Gasteiger partial charge >= 0.3 is 6.03 Å². The zero-order chi connectivity index (χ0) is 19.1. The molecule has 3 amide bonds. The van der Waals surface area contributed by atoms with Crippen molar-refractivity contribution >= 4 is 17.6 Å².